The number of hydrogen-bond donors (Lipinski definition) is 1. The Balaban J connectivity index is 2.18. The average Bonchev–Trinajstić information content (AvgIpc) is 2.67. The zero-order chi connectivity index (χ0) is 11.5. The highest BCUT2D eigenvalue weighted by molar-refractivity contribution is 8.15. The molecule has 1 N–H and O–H groups in total. The number of thioether (sulfide) groups is 1. The summed E-state index contributed by atoms with van der Waals surface area (Å²) < 4.78 is 0. The second-order valence-corrected chi connectivity index (χ2v) is 5.27. The maximum atomic E-state index is 8.84. The van der Waals surface area contributed by atoms with E-state index in [4.69, 9.17) is 5.26 Å². The van der Waals surface area contributed by atoms with Crippen molar-refractivity contribution in [3.05, 3.63) is 29.3 Å². The zero-order valence-electron chi connectivity index (χ0n) is 9.32. The van der Waals surface area contributed by atoms with Gasteiger partial charge in [0.25, 0.3) is 0 Å². The van der Waals surface area contributed by atoms with Gasteiger partial charge in [-0.2, -0.15) is 5.26 Å². The van der Waals surface area contributed by atoms with Crippen molar-refractivity contribution >= 4 is 22.6 Å². The molecule has 0 aromatic heterocycles. The minimum absolute atomic E-state index is 0.543. The Morgan fingerprint density at radius 1 is 1.56 bits per heavy atom. The van der Waals surface area contributed by atoms with Crippen LogP contribution in [0.1, 0.15) is 18.1 Å². The summed E-state index contributed by atoms with van der Waals surface area (Å²) in [6, 6.07) is 7.78. The van der Waals surface area contributed by atoms with Gasteiger partial charge in [-0.1, -0.05) is 24.8 Å². The van der Waals surface area contributed by atoms with Crippen LogP contribution >= 0.6 is 11.8 Å². The maximum Gasteiger partial charge on any atom is 0.161 e. The molecule has 1 heterocycles. The largest absolute Gasteiger partial charge is 0.335 e. The summed E-state index contributed by atoms with van der Waals surface area (Å²) in [6.07, 6.45) is 0. The second kappa shape index (κ2) is 4.58. The van der Waals surface area contributed by atoms with Crippen molar-refractivity contribution in [1.29, 1.82) is 5.26 Å². The Morgan fingerprint density at radius 2 is 2.38 bits per heavy atom. The minimum Gasteiger partial charge on any atom is -0.335 e. The number of nitrogens with zero attached hydrogens (tertiary/aromatic N) is 2. The van der Waals surface area contributed by atoms with Crippen LogP contribution in [-0.4, -0.2) is 17.0 Å². The average molecular weight is 231 g/mol. The predicted octanol–water partition coefficient (Wildman–Crippen LogP) is 2.77. The summed E-state index contributed by atoms with van der Waals surface area (Å²) in [4.78, 5) is 4.39. The van der Waals surface area contributed by atoms with E-state index >= 15 is 0 Å². The van der Waals surface area contributed by atoms with E-state index in [0.717, 1.165) is 23.0 Å². The van der Waals surface area contributed by atoms with Gasteiger partial charge in [-0.05, 0) is 24.6 Å². The van der Waals surface area contributed by atoms with Crippen LogP contribution in [0.3, 0.4) is 0 Å². The molecule has 0 fully saturated rings. The lowest BCUT2D eigenvalue weighted by molar-refractivity contribution is 0.976. The maximum absolute atomic E-state index is 8.84. The standard InChI is InChI=1S/C12H13N3S/c1-8-3-4-10(6-13)5-11(8)15-12-14-7-9(2)16-12/h3-5,9H,7H2,1-2H3,(H,14,15). The van der Waals surface area contributed by atoms with Crippen LogP contribution in [0.25, 0.3) is 0 Å². The Kier molecular flexibility index (Phi) is 3.16. The molecule has 2 rings (SSSR count). The van der Waals surface area contributed by atoms with Crippen LogP contribution in [0.2, 0.25) is 0 Å². The van der Waals surface area contributed by atoms with E-state index in [2.05, 4.69) is 23.3 Å². The van der Waals surface area contributed by atoms with Gasteiger partial charge in [-0.15, -0.1) is 0 Å². The number of rotatable bonds is 1. The van der Waals surface area contributed by atoms with Gasteiger partial charge < -0.3 is 5.32 Å². The smallest absolute Gasteiger partial charge is 0.161 e. The highest BCUT2D eigenvalue weighted by atomic mass is 32.2. The van der Waals surface area contributed by atoms with E-state index < -0.39 is 0 Å². The molecule has 1 atom stereocenters. The summed E-state index contributed by atoms with van der Waals surface area (Å²) in [5.74, 6) is 0. The van der Waals surface area contributed by atoms with Gasteiger partial charge in [0, 0.05) is 10.9 Å². The van der Waals surface area contributed by atoms with Crippen LogP contribution < -0.4 is 5.32 Å². The SMILES string of the molecule is Cc1ccc(C#N)cc1NC1=NCC(C)S1. The van der Waals surface area contributed by atoms with Crippen LogP contribution in [0.15, 0.2) is 23.2 Å². The van der Waals surface area contributed by atoms with Crippen molar-refractivity contribution in [2.45, 2.75) is 19.1 Å². The number of aliphatic imine (C=N–C) groups is 1. The summed E-state index contributed by atoms with van der Waals surface area (Å²) in [6.45, 7) is 5.04. The van der Waals surface area contributed by atoms with Crippen molar-refractivity contribution in [3.63, 3.8) is 0 Å². The quantitative estimate of drug-likeness (QED) is 0.808. The van der Waals surface area contributed by atoms with E-state index in [0.29, 0.717) is 10.8 Å². The van der Waals surface area contributed by atoms with Crippen molar-refractivity contribution in [2.75, 3.05) is 11.9 Å². The van der Waals surface area contributed by atoms with Gasteiger partial charge in [-0.3, -0.25) is 4.99 Å². The summed E-state index contributed by atoms with van der Waals surface area (Å²) >= 11 is 1.74. The number of hydrogen-bond acceptors (Lipinski definition) is 4. The first-order valence-electron chi connectivity index (χ1n) is 5.18. The fourth-order valence-electron chi connectivity index (χ4n) is 1.49. The van der Waals surface area contributed by atoms with Gasteiger partial charge in [0.1, 0.15) is 0 Å². The van der Waals surface area contributed by atoms with Crippen molar-refractivity contribution in [2.24, 2.45) is 4.99 Å². The third-order valence-corrected chi connectivity index (χ3v) is 3.42. The van der Waals surface area contributed by atoms with Crippen LogP contribution in [0.4, 0.5) is 5.69 Å². The number of anilines is 1. The van der Waals surface area contributed by atoms with Crippen LogP contribution in [0.5, 0.6) is 0 Å². The molecule has 1 unspecified atom stereocenters. The lowest BCUT2D eigenvalue weighted by atomic mass is 10.1. The normalized spacial score (nSPS) is 19.1. The van der Waals surface area contributed by atoms with Gasteiger partial charge in [0.2, 0.25) is 0 Å². The van der Waals surface area contributed by atoms with Gasteiger partial charge in [0.05, 0.1) is 18.2 Å². The van der Waals surface area contributed by atoms with E-state index in [1.807, 2.05) is 25.1 Å². The van der Waals surface area contributed by atoms with Crippen molar-refractivity contribution < 1.29 is 0 Å². The van der Waals surface area contributed by atoms with E-state index in [-0.39, 0.29) is 0 Å². The third kappa shape index (κ3) is 2.37. The lowest BCUT2D eigenvalue weighted by Crippen LogP contribution is -2.07. The number of amidine groups is 1. The molecule has 1 aliphatic heterocycles. The first kappa shape index (κ1) is 11.0. The molecule has 4 heteroatoms. The fourth-order valence-corrected chi connectivity index (χ4v) is 2.34. The monoisotopic (exact) mass is 231 g/mol. The van der Waals surface area contributed by atoms with Gasteiger partial charge in [0.15, 0.2) is 5.17 Å². The number of nitriles is 1. The Morgan fingerprint density at radius 3 is 3.00 bits per heavy atom. The van der Waals surface area contributed by atoms with Gasteiger partial charge in [-0.25, -0.2) is 0 Å². The summed E-state index contributed by atoms with van der Waals surface area (Å²) in [5.41, 5.74) is 2.77. The minimum atomic E-state index is 0.543. The highest BCUT2D eigenvalue weighted by Crippen LogP contribution is 2.24. The Labute approximate surface area is 99.6 Å². The molecular formula is C12H13N3S. The summed E-state index contributed by atoms with van der Waals surface area (Å²) in [5, 5.41) is 13.6. The van der Waals surface area contributed by atoms with E-state index in [9.17, 15) is 0 Å². The fraction of sp³-hybridized carbons (Fsp3) is 0.333. The summed E-state index contributed by atoms with van der Waals surface area (Å²) in [7, 11) is 0. The molecule has 1 aromatic carbocycles. The molecule has 0 bridgehead atoms. The third-order valence-electron chi connectivity index (χ3n) is 2.41. The molecule has 3 nitrogen and oxygen atoms in total. The second-order valence-electron chi connectivity index (χ2n) is 3.84. The molecule has 0 spiro atoms. The molecule has 0 radical (unpaired) electrons. The molecule has 1 aliphatic rings. The number of benzene rings is 1. The molecule has 0 saturated heterocycles. The first-order valence-corrected chi connectivity index (χ1v) is 6.06. The number of aryl methyl sites for hydroxylation is 1. The van der Waals surface area contributed by atoms with Gasteiger partial charge >= 0.3 is 0 Å². The van der Waals surface area contributed by atoms with E-state index in [1.165, 1.54) is 0 Å². The molecule has 0 saturated carbocycles. The first-order chi connectivity index (χ1) is 7.69. The molecule has 82 valence electrons. The molecule has 0 aliphatic carbocycles. The molecule has 0 amide bonds. The molecule has 1 aromatic rings. The van der Waals surface area contributed by atoms with Crippen LogP contribution in [0, 0.1) is 18.3 Å². The molecular weight excluding hydrogens is 218 g/mol. The zero-order valence-corrected chi connectivity index (χ0v) is 10.1. The predicted molar refractivity (Wildman–Crippen MR) is 68.9 cm³/mol. The Bertz CT molecular complexity index is 474. The van der Waals surface area contributed by atoms with Crippen molar-refractivity contribution in [3.8, 4) is 6.07 Å². The topological polar surface area (TPSA) is 48.2 Å². The molecule has 16 heavy (non-hydrogen) atoms. The van der Waals surface area contributed by atoms with E-state index in [1.54, 1.807) is 11.8 Å². The lowest BCUT2D eigenvalue weighted by Gasteiger charge is -2.09. The Hall–Kier alpha value is -1.47. The van der Waals surface area contributed by atoms with Crippen LogP contribution in [-0.2, 0) is 0 Å². The highest BCUT2D eigenvalue weighted by Gasteiger charge is 2.15. The van der Waals surface area contributed by atoms with Crippen molar-refractivity contribution in [1.82, 2.24) is 0 Å². The number of nitrogens with one attached hydrogen (secondary N) is 1.